The number of rotatable bonds is 5. The zero-order valence-electron chi connectivity index (χ0n) is 13.6. The summed E-state index contributed by atoms with van der Waals surface area (Å²) in [5.41, 5.74) is 7.62. The standard InChI is InChI=1S/C19H23N3O2/c20-19(24)11-8-17-14-21(15-4-2-1-3-5-15)12-13-22(17)16-6-9-18(23)10-7-16/h1-7,9-10,17,23H,8,11-14H2,(H2,20,24)/t17-/m0/s1. The molecule has 0 aliphatic carbocycles. The number of nitrogens with zero attached hydrogens (tertiary/aromatic N) is 2. The second kappa shape index (κ2) is 7.25. The molecule has 5 heteroatoms. The van der Waals surface area contributed by atoms with Gasteiger partial charge >= 0.3 is 0 Å². The Morgan fingerprint density at radius 3 is 2.42 bits per heavy atom. The number of carbonyl (C=O) groups excluding carboxylic acids is 1. The highest BCUT2D eigenvalue weighted by atomic mass is 16.3. The lowest BCUT2D eigenvalue weighted by Crippen LogP contribution is -2.53. The minimum absolute atomic E-state index is 0.205. The number of para-hydroxylation sites is 1. The topological polar surface area (TPSA) is 69.8 Å². The summed E-state index contributed by atoms with van der Waals surface area (Å²) >= 11 is 0. The molecule has 2 aromatic carbocycles. The van der Waals surface area contributed by atoms with Crippen molar-refractivity contribution in [3.8, 4) is 5.75 Å². The van der Waals surface area contributed by atoms with Crippen LogP contribution in [0.5, 0.6) is 5.75 Å². The lowest BCUT2D eigenvalue weighted by Gasteiger charge is -2.44. The summed E-state index contributed by atoms with van der Waals surface area (Å²) in [5, 5.41) is 9.50. The molecule has 3 N–H and O–H groups in total. The van der Waals surface area contributed by atoms with Crippen LogP contribution in [-0.2, 0) is 4.79 Å². The lowest BCUT2D eigenvalue weighted by molar-refractivity contribution is -0.118. The fourth-order valence-corrected chi connectivity index (χ4v) is 3.27. The predicted molar refractivity (Wildman–Crippen MR) is 96.3 cm³/mol. The van der Waals surface area contributed by atoms with Crippen LogP contribution in [0.25, 0.3) is 0 Å². The maximum atomic E-state index is 11.2. The van der Waals surface area contributed by atoms with Crippen LogP contribution in [0.2, 0.25) is 0 Å². The third-order valence-corrected chi connectivity index (χ3v) is 4.51. The highest BCUT2D eigenvalue weighted by molar-refractivity contribution is 5.73. The summed E-state index contributed by atoms with van der Waals surface area (Å²) in [6.45, 7) is 2.62. The molecular formula is C19H23N3O2. The van der Waals surface area contributed by atoms with Gasteiger partial charge in [-0.15, -0.1) is 0 Å². The summed E-state index contributed by atoms with van der Waals surface area (Å²) < 4.78 is 0. The van der Waals surface area contributed by atoms with Gasteiger partial charge < -0.3 is 20.6 Å². The summed E-state index contributed by atoms with van der Waals surface area (Å²) in [5.74, 6) is -0.00662. The highest BCUT2D eigenvalue weighted by Gasteiger charge is 2.27. The van der Waals surface area contributed by atoms with Gasteiger partial charge in [-0.05, 0) is 42.8 Å². The number of piperazine rings is 1. The van der Waals surface area contributed by atoms with Crippen molar-refractivity contribution in [1.29, 1.82) is 0 Å². The number of aromatic hydroxyl groups is 1. The van der Waals surface area contributed by atoms with Crippen molar-refractivity contribution in [3.05, 3.63) is 54.6 Å². The van der Waals surface area contributed by atoms with Gasteiger partial charge in [-0.1, -0.05) is 18.2 Å². The Kier molecular flexibility index (Phi) is 4.89. The molecule has 0 spiro atoms. The second-order valence-electron chi connectivity index (χ2n) is 6.15. The van der Waals surface area contributed by atoms with Gasteiger partial charge in [0.05, 0.1) is 0 Å². The van der Waals surface area contributed by atoms with Gasteiger partial charge in [0.2, 0.25) is 5.91 Å². The molecule has 1 heterocycles. The van der Waals surface area contributed by atoms with E-state index in [0.29, 0.717) is 6.42 Å². The average molecular weight is 325 g/mol. The Labute approximate surface area is 142 Å². The normalized spacial score (nSPS) is 17.8. The quantitative estimate of drug-likeness (QED) is 0.885. The predicted octanol–water partition coefficient (Wildman–Crippen LogP) is 2.35. The van der Waals surface area contributed by atoms with Crippen LogP contribution < -0.4 is 15.5 Å². The Bertz CT molecular complexity index is 673. The van der Waals surface area contributed by atoms with Gasteiger partial charge in [0.15, 0.2) is 0 Å². The monoisotopic (exact) mass is 325 g/mol. The Balaban J connectivity index is 1.78. The van der Waals surface area contributed by atoms with E-state index >= 15 is 0 Å². The van der Waals surface area contributed by atoms with Gasteiger partial charge in [0.25, 0.3) is 0 Å². The number of primary amides is 1. The van der Waals surface area contributed by atoms with Crippen LogP contribution in [0, 0.1) is 0 Å². The number of carbonyl (C=O) groups is 1. The summed E-state index contributed by atoms with van der Waals surface area (Å²) in [6, 6.07) is 17.8. The van der Waals surface area contributed by atoms with Gasteiger partial charge in [-0.3, -0.25) is 4.79 Å². The summed E-state index contributed by atoms with van der Waals surface area (Å²) in [7, 11) is 0. The molecule has 1 fully saturated rings. The van der Waals surface area contributed by atoms with E-state index in [4.69, 9.17) is 5.73 Å². The number of amides is 1. The van der Waals surface area contributed by atoms with Crippen molar-refractivity contribution in [3.63, 3.8) is 0 Å². The second-order valence-corrected chi connectivity index (χ2v) is 6.15. The largest absolute Gasteiger partial charge is 0.508 e. The van der Waals surface area contributed by atoms with Crippen LogP contribution in [0.4, 0.5) is 11.4 Å². The van der Waals surface area contributed by atoms with Crippen LogP contribution in [0.1, 0.15) is 12.8 Å². The number of phenols is 1. The summed E-state index contributed by atoms with van der Waals surface area (Å²) in [6.07, 6.45) is 1.10. The zero-order chi connectivity index (χ0) is 16.9. The number of phenolic OH excluding ortho intramolecular Hbond substituents is 1. The van der Waals surface area contributed by atoms with Crippen molar-refractivity contribution < 1.29 is 9.90 Å². The van der Waals surface area contributed by atoms with E-state index in [0.717, 1.165) is 31.7 Å². The first kappa shape index (κ1) is 16.2. The molecule has 1 amide bonds. The van der Waals surface area contributed by atoms with Gasteiger partial charge in [0.1, 0.15) is 5.75 Å². The van der Waals surface area contributed by atoms with E-state index in [1.54, 1.807) is 12.1 Å². The molecule has 2 aromatic rings. The summed E-state index contributed by atoms with van der Waals surface area (Å²) in [4.78, 5) is 15.9. The van der Waals surface area contributed by atoms with Crippen molar-refractivity contribution in [1.82, 2.24) is 0 Å². The molecule has 126 valence electrons. The van der Waals surface area contributed by atoms with E-state index in [1.807, 2.05) is 30.3 Å². The van der Waals surface area contributed by atoms with Crippen molar-refractivity contribution in [2.45, 2.75) is 18.9 Å². The average Bonchev–Trinajstić information content (AvgIpc) is 2.61. The highest BCUT2D eigenvalue weighted by Crippen LogP contribution is 2.27. The molecule has 0 saturated carbocycles. The maximum Gasteiger partial charge on any atom is 0.217 e. The molecule has 0 unspecified atom stereocenters. The lowest BCUT2D eigenvalue weighted by atomic mass is 10.0. The first-order valence-corrected chi connectivity index (χ1v) is 8.27. The smallest absolute Gasteiger partial charge is 0.217 e. The van der Waals surface area contributed by atoms with Crippen LogP contribution in [0.15, 0.2) is 54.6 Å². The van der Waals surface area contributed by atoms with Crippen molar-refractivity contribution in [2.75, 3.05) is 29.4 Å². The van der Waals surface area contributed by atoms with E-state index in [2.05, 4.69) is 21.9 Å². The van der Waals surface area contributed by atoms with Gasteiger partial charge in [-0.2, -0.15) is 0 Å². The third kappa shape index (κ3) is 3.79. The molecule has 5 nitrogen and oxygen atoms in total. The molecule has 0 bridgehead atoms. The Morgan fingerprint density at radius 1 is 1.04 bits per heavy atom. The number of nitrogens with two attached hydrogens (primary N) is 1. The fourth-order valence-electron chi connectivity index (χ4n) is 3.27. The molecule has 1 saturated heterocycles. The molecular weight excluding hydrogens is 302 g/mol. The molecule has 0 aromatic heterocycles. The van der Waals surface area contributed by atoms with E-state index in [9.17, 15) is 9.90 Å². The van der Waals surface area contributed by atoms with Crippen molar-refractivity contribution in [2.24, 2.45) is 5.73 Å². The molecule has 1 aliphatic heterocycles. The van der Waals surface area contributed by atoms with Crippen LogP contribution in [0.3, 0.4) is 0 Å². The number of hydrogen-bond donors (Lipinski definition) is 2. The first-order valence-electron chi connectivity index (χ1n) is 8.27. The third-order valence-electron chi connectivity index (χ3n) is 4.51. The maximum absolute atomic E-state index is 11.2. The zero-order valence-corrected chi connectivity index (χ0v) is 13.6. The first-order chi connectivity index (χ1) is 11.6. The van der Waals surface area contributed by atoms with E-state index < -0.39 is 0 Å². The van der Waals surface area contributed by atoms with Crippen LogP contribution >= 0.6 is 0 Å². The molecule has 0 radical (unpaired) electrons. The van der Waals surface area contributed by atoms with E-state index in [-0.39, 0.29) is 17.7 Å². The van der Waals surface area contributed by atoms with E-state index in [1.165, 1.54) is 5.69 Å². The number of anilines is 2. The molecule has 3 rings (SSSR count). The minimum atomic E-state index is -0.266. The molecule has 24 heavy (non-hydrogen) atoms. The SMILES string of the molecule is NC(=O)CC[C@H]1CN(c2ccccc2)CCN1c1ccc(O)cc1. The number of benzene rings is 2. The minimum Gasteiger partial charge on any atom is -0.508 e. The Hall–Kier alpha value is -2.69. The molecule has 1 aliphatic rings. The van der Waals surface area contributed by atoms with Gasteiger partial charge in [-0.25, -0.2) is 0 Å². The number of hydrogen-bond acceptors (Lipinski definition) is 4. The van der Waals surface area contributed by atoms with Crippen LogP contribution in [-0.4, -0.2) is 36.7 Å². The van der Waals surface area contributed by atoms with Gasteiger partial charge in [0, 0.05) is 43.5 Å². The fraction of sp³-hybridized carbons (Fsp3) is 0.316. The van der Waals surface area contributed by atoms with Crippen molar-refractivity contribution >= 4 is 17.3 Å². The Morgan fingerprint density at radius 2 is 1.75 bits per heavy atom. The molecule has 1 atom stereocenters.